The van der Waals surface area contributed by atoms with Gasteiger partial charge in [0.1, 0.15) is 11.9 Å². The number of halogens is 2. The van der Waals surface area contributed by atoms with Crippen molar-refractivity contribution in [1.29, 1.82) is 0 Å². The Morgan fingerprint density at radius 1 is 1.14 bits per heavy atom. The van der Waals surface area contributed by atoms with Gasteiger partial charge in [-0.15, -0.1) is 0 Å². The molecule has 0 fully saturated rings. The number of benzene rings is 2. The lowest BCUT2D eigenvalue weighted by Gasteiger charge is -2.05. The van der Waals surface area contributed by atoms with Crippen molar-refractivity contribution in [2.24, 2.45) is 5.73 Å². The molecule has 0 saturated carbocycles. The van der Waals surface area contributed by atoms with E-state index >= 15 is 0 Å². The number of aromatic nitrogens is 2. The molecule has 3 aromatic rings. The molecular weight excluding hydrogens is 293 g/mol. The van der Waals surface area contributed by atoms with Crippen LogP contribution in [0, 0.1) is 5.82 Å². The first kappa shape index (κ1) is 13.7. The third kappa shape index (κ3) is 2.79. The molecule has 0 unspecified atom stereocenters. The number of hydrogen-bond donors (Lipinski definition) is 1. The molecule has 2 aromatic carbocycles. The minimum Gasteiger partial charge on any atom is -0.337 e. The van der Waals surface area contributed by atoms with Gasteiger partial charge >= 0.3 is 0 Å². The van der Waals surface area contributed by atoms with Gasteiger partial charge in [0.05, 0.1) is 5.02 Å². The molecule has 3 rings (SSSR count). The Balaban J connectivity index is 1.93. The first-order valence-electron chi connectivity index (χ1n) is 6.24. The first-order chi connectivity index (χ1) is 10.1. The van der Waals surface area contributed by atoms with Gasteiger partial charge in [-0.2, -0.15) is 4.98 Å². The SMILES string of the molecule is N[C@H](c1ccccc1)c1nc(-c2ccc(F)cc2Cl)no1. The number of rotatable bonds is 3. The average Bonchev–Trinajstić information content (AvgIpc) is 2.97. The monoisotopic (exact) mass is 303 g/mol. The molecule has 106 valence electrons. The van der Waals surface area contributed by atoms with Crippen LogP contribution < -0.4 is 5.73 Å². The summed E-state index contributed by atoms with van der Waals surface area (Å²) in [6.07, 6.45) is 0. The van der Waals surface area contributed by atoms with E-state index in [-0.39, 0.29) is 16.7 Å². The fraction of sp³-hybridized carbons (Fsp3) is 0.0667. The minimum absolute atomic E-state index is 0.218. The van der Waals surface area contributed by atoms with Crippen LogP contribution in [0.4, 0.5) is 4.39 Å². The van der Waals surface area contributed by atoms with Crippen LogP contribution in [0.15, 0.2) is 53.1 Å². The summed E-state index contributed by atoms with van der Waals surface area (Å²) in [6, 6.07) is 12.9. The van der Waals surface area contributed by atoms with Crippen LogP contribution >= 0.6 is 11.6 Å². The number of nitrogens with zero attached hydrogens (tertiary/aromatic N) is 2. The summed E-state index contributed by atoms with van der Waals surface area (Å²) in [5, 5.41) is 4.07. The Morgan fingerprint density at radius 2 is 1.90 bits per heavy atom. The number of hydrogen-bond acceptors (Lipinski definition) is 4. The third-order valence-electron chi connectivity index (χ3n) is 3.04. The molecule has 1 heterocycles. The van der Waals surface area contributed by atoms with Crippen LogP contribution in [0.5, 0.6) is 0 Å². The molecule has 1 atom stereocenters. The summed E-state index contributed by atoms with van der Waals surface area (Å²) in [5.74, 6) is 0.131. The lowest BCUT2D eigenvalue weighted by molar-refractivity contribution is 0.367. The van der Waals surface area contributed by atoms with Gasteiger partial charge in [0.25, 0.3) is 0 Å². The maximum Gasteiger partial charge on any atom is 0.248 e. The molecule has 0 bridgehead atoms. The summed E-state index contributed by atoms with van der Waals surface area (Å²) in [4.78, 5) is 4.24. The largest absolute Gasteiger partial charge is 0.337 e. The summed E-state index contributed by atoms with van der Waals surface area (Å²) in [6.45, 7) is 0. The van der Waals surface area contributed by atoms with E-state index in [2.05, 4.69) is 10.1 Å². The Hall–Kier alpha value is -2.24. The molecule has 1 aromatic heterocycles. The van der Waals surface area contributed by atoms with Crippen molar-refractivity contribution in [3.63, 3.8) is 0 Å². The molecular formula is C15H11ClFN3O. The van der Waals surface area contributed by atoms with Crippen LogP contribution in [-0.2, 0) is 0 Å². The second kappa shape index (κ2) is 5.63. The Labute approximate surface area is 125 Å². The zero-order valence-electron chi connectivity index (χ0n) is 10.8. The highest BCUT2D eigenvalue weighted by molar-refractivity contribution is 6.33. The van der Waals surface area contributed by atoms with Crippen LogP contribution in [0.25, 0.3) is 11.4 Å². The van der Waals surface area contributed by atoms with Gasteiger partial charge in [-0.05, 0) is 23.8 Å². The topological polar surface area (TPSA) is 64.9 Å². The quantitative estimate of drug-likeness (QED) is 0.803. The van der Waals surface area contributed by atoms with Crippen molar-refractivity contribution in [3.05, 3.63) is 70.8 Å². The highest BCUT2D eigenvalue weighted by atomic mass is 35.5. The van der Waals surface area contributed by atoms with Crippen LogP contribution in [0.3, 0.4) is 0 Å². The first-order valence-corrected chi connectivity index (χ1v) is 6.62. The molecule has 0 spiro atoms. The van der Waals surface area contributed by atoms with E-state index in [1.807, 2.05) is 30.3 Å². The van der Waals surface area contributed by atoms with Crippen LogP contribution in [-0.4, -0.2) is 10.1 Å². The molecule has 0 amide bonds. The molecule has 4 nitrogen and oxygen atoms in total. The van der Waals surface area contributed by atoms with Crippen molar-refractivity contribution in [1.82, 2.24) is 10.1 Å². The van der Waals surface area contributed by atoms with E-state index in [0.717, 1.165) is 5.56 Å². The van der Waals surface area contributed by atoms with E-state index in [9.17, 15) is 4.39 Å². The molecule has 0 radical (unpaired) electrons. The van der Waals surface area contributed by atoms with Crippen LogP contribution in [0.2, 0.25) is 5.02 Å². The maximum atomic E-state index is 13.0. The van der Waals surface area contributed by atoms with Crippen LogP contribution in [0.1, 0.15) is 17.5 Å². The van der Waals surface area contributed by atoms with Gasteiger partial charge in [-0.3, -0.25) is 0 Å². The van der Waals surface area contributed by atoms with Gasteiger partial charge in [0.15, 0.2) is 0 Å². The van der Waals surface area contributed by atoms with E-state index in [1.54, 1.807) is 0 Å². The summed E-state index contributed by atoms with van der Waals surface area (Å²) in [5.41, 5.74) is 7.43. The predicted octanol–water partition coefficient (Wildman–Crippen LogP) is 3.58. The second-order valence-electron chi connectivity index (χ2n) is 4.47. The fourth-order valence-corrected chi connectivity index (χ4v) is 2.20. The summed E-state index contributed by atoms with van der Waals surface area (Å²) >= 11 is 5.98. The Bertz CT molecular complexity index is 761. The van der Waals surface area contributed by atoms with Crippen molar-refractivity contribution in [3.8, 4) is 11.4 Å². The van der Waals surface area contributed by atoms with Crippen molar-refractivity contribution in [2.75, 3.05) is 0 Å². The van der Waals surface area contributed by atoms with E-state index in [4.69, 9.17) is 21.9 Å². The Kier molecular flexibility index (Phi) is 3.68. The fourth-order valence-electron chi connectivity index (χ4n) is 1.94. The molecule has 0 aliphatic rings. The van der Waals surface area contributed by atoms with Gasteiger partial charge in [-0.1, -0.05) is 47.1 Å². The molecule has 21 heavy (non-hydrogen) atoms. The lowest BCUT2D eigenvalue weighted by Crippen LogP contribution is -2.11. The highest BCUT2D eigenvalue weighted by Gasteiger charge is 2.18. The maximum absolute atomic E-state index is 13.0. The minimum atomic E-state index is -0.522. The van der Waals surface area contributed by atoms with Crippen molar-refractivity contribution < 1.29 is 8.91 Å². The zero-order chi connectivity index (χ0) is 14.8. The Morgan fingerprint density at radius 3 is 2.62 bits per heavy atom. The van der Waals surface area contributed by atoms with Crippen molar-refractivity contribution in [2.45, 2.75) is 6.04 Å². The second-order valence-corrected chi connectivity index (χ2v) is 4.88. The summed E-state index contributed by atoms with van der Waals surface area (Å²) < 4.78 is 18.2. The van der Waals surface area contributed by atoms with E-state index < -0.39 is 11.9 Å². The smallest absolute Gasteiger partial charge is 0.248 e. The standard InChI is InChI=1S/C15H11ClFN3O/c16-12-8-10(17)6-7-11(12)14-19-15(21-20-14)13(18)9-4-2-1-3-5-9/h1-8,13H,18H2/t13-/m1/s1. The molecule has 2 N–H and O–H groups in total. The highest BCUT2D eigenvalue weighted by Crippen LogP contribution is 2.27. The predicted molar refractivity (Wildman–Crippen MR) is 77.2 cm³/mol. The molecule has 0 saturated heterocycles. The summed E-state index contributed by atoms with van der Waals surface area (Å²) in [7, 11) is 0. The third-order valence-corrected chi connectivity index (χ3v) is 3.35. The molecule has 0 aliphatic carbocycles. The van der Waals surface area contributed by atoms with Gasteiger partial charge in [0, 0.05) is 5.56 Å². The van der Waals surface area contributed by atoms with Gasteiger partial charge < -0.3 is 10.3 Å². The molecule has 0 aliphatic heterocycles. The average molecular weight is 304 g/mol. The molecule has 6 heteroatoms. The zero-order valence-corrected chi connectivity index (χ0v) is 11.6. The number of nitrogens with two attached hydrogens (primary N) is 1. The van der Waals surface area contributed by atoms with Crippen molar-refractivity contribution >= 4 is 11.6 Å². The van der Waals surface area contributed by atoms with E-state index in [0.29, 0.717) is 5.56 Å². The lowest BCUT2D eigenvalue weighted by atomic mass is 10.1. The van der Waals surface area contributed by atoms with Gasteiger partial charge in [0.2, 0.25) is 11.7 Å². The normalized spacial score (nSPS) is 12.3. The van der Waals surface area contributed by atoms with E-state index in [1.165, 1.54) is 18.2 Å². The van der Waals surface area contributed by atoms with Gasteiger partial charge in [-0.25, -0.2) is 4.39 Å².